The lowest BCUT2D eigenvalue weighted by molar-refractivity contribution is 0.386. The molecule has 0 radical (unpaired) electrons. The van der Waals surface area contributed by atoms with Crippen LogP contribution in [0.3, 0.4) is 0 Å². The Bertz CT molecular complexity index is 197. The Labute approximate surface area is 101 Å². The van der Waals surface area contributed by atoms with E-state index in [9.17, 15) is 0 Å². The first kappa shape index (κ1) is 15.2. The van der Waals surface area contributed by atoms with Crippen molar-refractivity contribution in [3.63, 3.8) is 0 Å². The molecule has 0 aliphatic rings. The van der Waals surface area contributed by atoms with Crippen LogP contribution in [-0.4, -0.2) is 32.1 Å². The van der Waals surface area contributed by atoms with Gasteiger partial charge in [-0.05, 0) is 52.6 Å². The lowest BCUT2D eigenvalue weighted by Gasteiger charge is -2.22. The smallest absolute Gasteiger partial charge is 0.0183 e. The standard InChI is InChI=1S/C14H28N2/c1-5-7-8-9-11-14(6-2)16(4)13-10-12-15-3/h5-6,15H,1,7-13H2,2-4H3/b14-6-. The van der Waals surface area contributed by atoms with Crippen LogP contribution in [0.4, 0.5) is 0 Å². The summed E-state index contributed by atoms with van der Waals surface area (Å²) in [5.74, 6) is 0. The van der Waals surface area contributed by atoms with Gasteiger partial charge in [0.15, 0.2) is 0 Å². The fourth-order valence-corrected chi connectivity index (χ4v) is 1.79. The van der Waals surface area contributed by atoms with Gasteiger partial charge in [0, 0.05) is 19.3 Å². The van der Waals surface area contributed by atoms with Gasteiger partial charge in [0.2, 0.25) is 0 Å². The molecular weight excluding hydrogens is 196 g/mol. The highest BCUT2D eigenvalue weighted by atomic mass is 15.1. The predicted molar refractivity (Wildman–Crippen MR) is 73.6 cm³/mol. The van der Waals surface area contributed by atoms with Crippen molar-refractivity contribution in [2.24, 2.45) is 0 Å². The van der Waals surface area contributed by atoms with Crippen LogP contribution in [0.15, 0.2) is 24.4 Å². The van der Waals surface area contributed by atoms with E-state index in [0.29, 0.717) is 0 Å². The number of allylic oxidation sites excluding steroid dienone is 3. The van der Waals surface area contributed by atoms with E-state index < -0.39 is 0 Å². The summed E-state index contributed by atoms with van der Waals surface area (Å²) in [6.07, 6.45) is 10.3. The number of rotatable bonds is 10. The van der Waals surface area contributed by atoms with Crippen molar-refractivity contribution in [3.8, 4) is 0 Å². The highest BCUT2D eigenvalue weighted by molar-refractivity contribution is 4.98. The van der Waals surface area contributed by atoms with Gasteiger partial charge in [0.25, 0.3) is 0 Å². The van der Waals surface area contributed by atoms with Crippen molar-refractivity contribution >= 4 is 0 Å². The molecule has 0 bridgehead atoms. The van der Waals surface area contributed by atoms with Crippen molar-refractivity contribution < 1.29 is 0 Å². The van der Waals surface area contributed by atoms with Crippen molar-refractivity contribution in [2.75, 3.05) is 27.2 Å². The second-order valence-electron chi connectivity index (χ2n) is 4.19. The molecule has 94 valence electrons. The maximum absolute atomic E-state index is 3.75. The molecular formula is C14H28N2. The molecule has 0 saturated carbocycles. The van der Waals surface area contributed by atoms with E-state index in [1.807, 2.05) is 13.1 Å². The summed E-state index contributed by atoms with van der Waals surface area (Å²) in [6.45, 7) is 8.12. The molecule has 0 amide bonds. The summed E-state index contributed by atoms with van der Waals surface area (Å²) < 4.78 is 0. The molecule has 0 atom stereocenters. The quantitative estimate of drug-likeness (QED) is 0.453. The molecule has 0 unspecified atom stereocenters. The molecule has 0 fully saturated rings. The van der Waals surface area contributed by atoms with Gasteiger partial charge >= 0.3 is 0 Å². The predicted octanol–water partition coefficient (Wildman–Crippen LogP) is 3.18. The molecule has 0 aromatic heterocycles. The number of hydrogen-bond donors (Lipinski definition) is 1. The Morgan fingerprint density at radius 3 is 2.62 bits per heavy atom. The molecule has 0 aromatic carbocycles. The van der Waals surface area contributed by atoms with Crippen LogP contribution in [-0.2, 0) is 0 Å². The minimum absolute atomic E-state index is 1.10. The van der Waals surface area contributed by atoms with Crippen LogP contribution in [0.25, 0.3) is 0 Å². The highest BCUT2D eigenvalue weighted by Crippen LogP contribution is 2.12. The average molecular weight is 224 g/mol. The highest BCUT2D eigenvalue weighted by Gasteiger charge is 2.02. The third kappa shape index (κ3) is 7.52. The Kier molecular flexibility index (Phi) is 10.2. The molecule has 0 aliphatic heterocycles. The van der Waals surface area contributed by atoms with E-state index >= 15 is 0 Å². The van der Waals surface area contributed by atoms with Crippen LogP contribution in [0, 0.1) is 0 Å². The summed E-state index contributed by atoms with van der Waals surface area (Å²) in [5, 5.41) is 3.18. The lowest BCUT2D eigenvalue weighted by atomic mass is 10.1. The maximum Gasteiger partial charge on any atom is 0.0183 e. The van der Waals surface area contributed by atoms with Crippen LogP contribution in [0.1, 0.15) is 39.0 Å². The fraction of sp³-hybridized carbons (Fsp3) is 0.714. The summed E-state index contributed by atoms with van der Waals surface area (Å²) in [7, 11) is 4.20. The topological polar surface area (TPSA) is 15.3 Å². The molecule has 0 heterocycles. The number of unbranched alkanes of at least 4 members (excludes halogenated alkanes) is 2. The van der Waals surface area contributed by atoms with Crippen molar-refractivity contribution in [1.29, 1.82) is 0 Å². The van der Waals surface area contributed by atoms with Gasteiger partial charge in [-0.15, -0.1) is 6.58 Å². The Balaban J connectivity index is 3.75. The first-order valence-corrected chi connectivity index (χ1v) is 6.38. The zero-order valence-electron chi connectivity index (χ0n) is 11.3. The van der Waals surface area contributed by atoms with Gasteiger partial charge in [-0.25, -0.2) is 0 Å². The molecule has 0 rings (SSSR count). The Hall–Kier alpha value is -0.760. The molecule has 2 heteroatoms. The summed E-state index contributed by atoms with van der Waals surface area (Å²) in [4.78, 5) is 2.38. The third-order valence-corrected chi connectivity index (χ3v) is 2.83. The molecule has 1 N–H and O–H groups in total. The first-order valence-electron chi connectivity index (χ1n) is 6.38. The SMILES string of the molecule is C=CCCCC/C(=C/C)N(C)CCCNC. The van der Waals surface area contributed by atoms with E-state index in [1.165, 1.54) is 31.4 Å². The zero-order chi connectivity index (χ0) is 12.2. The zero-order valence-corrected chi connectivity index (χ0v) is 11.3. The summed E-state index contributed by atoms with van der Waals surface area (Å²) in [6, 6.07) is 0. The minimum atomic E-state index is 1.10. The Morgan fingerprint density at radius 2 is 2.06 bits per heavy atom. The molecule has 0 aliphatic carbocycles. The molecule has 0 saturated heterocycles. The molecule has 16 heavy (non-hydrogen) atoms. The second-order valence-corrected chi connectivity index (χ2v) is 4.19. The lowest BCUT2D eigenvalue weighted by Crippen LogP contribution is -2.22. The van der Waals surface area contributed by atoms with Crippen LogP contribution < -0.4 is 5.32 Å². The largest absolute Gasteiger partial charge is 0.378 e. The summed E-state index contributed by atoms with van der Waals surface area (Å²) >= 11 is 0. The van der Waals surface area contributed by atoms with Crippen LogP contribution in [0.2, 0.25) is 0 Å². The monoisotopic (exact) mass is 224 g/mol. The van der Waals surface area contributed by atoms with Gasteiger partial charge in [0.05, 0.1) is 0 Å². The van der Waals surface area contributed by atoms with E-state index in [0.717, 1.165) is 19.5 Å². The van der Waals surface area contributed by atoms with Crippen LogP contribution in [0.5, 0.6) is 0 Å². The molecule has 2 nitrogen and oxygen atoms in total. The maximum atomic E-state index is 3.75. The molecule has 0 spiro atoms. The number of nitrogens with one attached hydrogen (secondary N) is 1. The van der Waals surface area contributed by atoms with E-state index in [-0.39, 0.29) is 0 Å². The Morgan fingerprint density at radius 1 is 1.31 bits per heavy atom. The van der Waals surface area contributed by atoms with E-state index in [4.69, 9.17) is 0 Å². The van der Waals surface area contributed by atoms with Crippen LogP contribution >= 0.6 is 0 Å². The van der Waals surface area contributed by atoms with Gasteiger partial charge in [-0.3, -0.25) is 0 Å². The van der Waals surface area contributed by atoms with E-state index in [2.05, 4.69) is 36.8 Å². The number of hydrogen-bond acceptors (Lipinski definition) is 2. The fourth-order valence-electron chi connectivity index (χ4n) is 1.79. The second kappa shape index (κ2) is 10.7. The van der Waals surface area contributed by atoms with Gasteiger partial charge < -0.3 is 10.2 Å². The van der Waals surface area contributed by atoms with Crippen molar-refractivity contribution in [2.45, 2.75) is 39.0 Å². The third-order valence-electron chi connectivity index (χ3n) is 2.83. The van der Waals surface area contributed by atoms with Crippen molar-refractivity contribution in [1.82, 2.24) is 10.2 Å². The minimum Gasteiger partial charge on any atom is -0.378 e. The van der Waals surface area contributed by atoms with Gasteiger partial charge in [-0.2, -0.15) is 0 Å². The normalized spacial score (nSPS) is 11.6. The van der Waals surface area contributed by atoms with E-state index in [1.54, 1.807) is 0 Å². The van der Waals surface area contributed by atoms with Gasteiger partial charge in [0.1, 0.15) is 0 Å². The number of nitrogens with zero attached hydrogens (tertiary/aromatic N) is 1. The summed E-state index contributed by atoms with van der Waals surface area (Å²) in [5.41, 5.74) is 1.47. The van der Waals surface area contributed by atoms with Crippen molar-refractivity contribution in [3.05, 3.63) is 24.4 Å². The first-order chi connectivity index (χ1) is 7.76. The average Bonchev–Trinajstić information content (AvgIpc) is 2.29. The van der Waals surface area contributed by atoms with Gasteiger partial charge in [-0.1, -0.05) is 12.2 Å². The molecule has 0 aromatic rings.